The Balaban J connectivity index is 1.92. The van der Waals surface area contributed by atoms with E-state index in [0.29, 0.717) is 5.75 Å². The number of aryl methyl sites for hydroxylation is 1. The molecule has 2 aromatic rings. The van der Waals surface area contributed by atoms with Gasteiger partial charge in [0, 0.05) is 0 Å². The van der Waals surface area contributed by atoms with Crippen LogP contribution in [0.1, 0.15) is 5.56 Å². The number of hydrogen-bond acceptors (Lipinski definition) is 3. The van der Waals surface area contributed by atoms with E-state index in [4.69, 9.17) is 21.1 Å². The van der Waals surface area contributed by atoms with Crippen molar-refractivity contribution in [3.63, 3.8) is 0 Å². The molecule has 0 bridgehead atoms. The first-order chi connectivity index (χ1) is 9.67. The largest absolute Gasteiger partial charge is 0.491 e. The van der Waals surface area contributed by atoms with Crippen molar-refractivity contribution in [3.05, 3.63) is 54.1 Å². The van der Waals surface area contributed by atoms with E-state index in [9.17, 15) is 5.11 Å². The first-order valence-corrected chi connectivity index (χ1v) is 6.92. The van der Waals surface area contributed by atoms with Gasteiger partial charge >= 0.3 is 0 Å². The van der Waals surface area contributed by atoms with Crippen LogP contribution in [0.5, 0.6) is 17.2 Å². The van der Waals surface area contributed by atoms with E-state index >= 15 is 0 Å². The van der Waals surface area contributed by atoms with Gasteiger partial charge in [-0.25, -0.2) is 0 Å². The molecule has 1 atom stereocenters. The van der Waals surface area contributed by atoms with Crippen molar-refractivity contribution in [3.8, 4) is 17.2 Å². The van der Waals surface area contributed by atoms with E-state index in [1.807, 2.05) is 43.3 Å². The maximum absolute atomic E-state index is 9.31. The van der Waals surface area contributed by atoms with Crippen molar-refractivity contribution in [2.75, 3.05) is 12.5 Å². The van der Waals surface area contributed by atoms with Gasteiger partial charge in [-0.3, -0.25) is 0 Å². The van der Waals surface area contributed by atoms with Gasteiger partial charge in [-0.05, 0) is 43.3 Å². The van der Waals surface area contributed by atoms with E-state index in [1.54, 1.807) is 12.1 Å². The molecule has 1 N–H and O–H groups in total. The topological polar surface area (TPSA) is 38.7 Å². The van der Waals surface area contributed by atoms with E-state index in [2.05, 4.69) is 0 Å². The third-order valence-corrected chi connectivity index (χ3v) is 3.06. The van der Waals surface area contributed by atoms with E-state index < -0.39 is 6.10 Å². The smallest absolute Gasteiger partial charge is 0.127 e. The van der Waals surface area contributed by atoms with Crippen LogP contribution in [0.3, 0.4) is 0 Å². The van der Waals surface area contributed by atoms with Crippen molar-refractivity contribution >= 4 is 11.6 Å². The van der Waals surface area contributed by atoms with Gasteiger partial charge in [-0.1, -0.05) is 17.7 Å². The van der Waals surface area contributed by atoms with Gasteiger partial charge in [0.15, 0.2) is 0 Å². The SMILES string of the molecule is Cc1ccc(Oc2ccc(OCC(O)CCl)cc2)cc1. The highest BCUT2D eigenvalue weighted by molar-refractivity contribution is 6.18. The minimum Gasteiger partial charge on any atom is -0.491 e. The van der Waals surface area contributed by atoms with Crippen molar-refractivity contribution in [2.45, 2.75) is 13.0 Å². The quantitative estimate of drug-likeness (QED) is 0.824. The number of aliphatic hydroxyl groups excluding tert-OH is 1. The molecule has 0 saturated carbocycles. The highest BCUT2D eigenvalue weighted by Gasteiger charge is 2.03. The van der Waals surface area contributed by atoms with Crippen LogP contribution < -0.4 is 9.47 Å². The molecule has 20 heavy (non-hydrogen) atoms. The Labute approximate surface area is 123 Å². The van der Waals surface area contributed by atoms with Gasteiger partial charge in [0.25, 0.3) is 0 Å². The van der Waals surface area contributed by atoms with Crippen LogP contribution in [0.4, 0.5) is 0 Å². The molecule has 0 aliphatic heterocycles. The summed E-state index contributed by atoms with van der Waals surface area (Å²) in [6.07, 6.45) is -0.653. The maximum atomic E-state index is 9.31. The Morgan fingerprint density at radius 1 is 0.950 bits per heavy atom. The van der Waals surface area contributed by atoms with Crippen LogP contribution in [0.15, 0.2) is 48.5 Å². The van der Waals surface area contributed by atoms with Crippen LogP contribution in [0.2, 0.25) is 0 Å². The average molecular weight is 293 g/mol. The third-order valence-electron chi connectivity index (χ3n) is 2.70. The number of hydrogen-bond donors (Lipinski definition) is 1. The first kappa shape index (κ1) is 14.7. The standard InChI is InChI=1S/C16H17ClO3/c1-12-2-4-15(5-3-12)20-16-8-6-14(7-9-16)19-11-13(18)10-17/h2-9,13,18H,10-11H2,1H3. The average Bonchev–Trinajstić information content (AvgIpc) is 2.48. The van der Waals surface area contributed by atoms with Gasteiger partial charge in [0.1, 0.15) is 30.0 Å². The molecular weight excluding hydrogens is 276 g/mol. The molecule has 0 saturated heterocycles. The molecule has 4 heteroatoms. The van der Waals surface area contributed by atoms with Gasteiger partial charge < -0.3 is 14.6 Å². The molecule has 0 radical (unpaired) electrons. The molecule has 106 valence electrons. The summed E-state index contributed by atoms with van der Waals surface area (Å²) >= 11 is 5.49. The molecule has 0 aromatic heterocycles. The number of ether oxygens (including phenoxy) is 2. The summed E-state index contributed by atoms with van der Waals surface area (Å²) in [5.74, 6) is 2.36. The molecule has 0 heterocycles. The van der Waals surface area contributed by atoms with Crippen LogP contribution in [0, 0.1) is 6.92 Å². The predicted molar refractivity (Wildman–Crippen MR) is 79.9 cm³/mol. The molecular formula is C16H17ClO3. The zero-order valence-corrected chi connectivity index (χ0v) is 12.0. The van der Waals surface area contributed by atoms with Crippen LogP contribution >= 0.6 is 11.6 Å². The Morgan fingerprint density at radius 3 is 2.00 bits per heavy atom. The van der Waals surface area contributed by atoms with E-state index in [-0.39, 0.29) is 12.5 Å². The molecule has 0 spiro atoms. The summed E-state index contributed by atoms with van der Waals surface area (Å²) in [6.45, 7) is 2.22. The second-order valence-corrected chi connectivity index (χ2v) is 4.81. The lowest BCUT2D eigenvalue weighted by atomic mass is 10.2. The van der Waals surface area contributed by atoms with Crippen molar-refractivity contribution in [2.24, 2.45) is 0 Å². The number of alkyl halides is 1. The van der Waals surface area contributed by atoms with Gasteiger partial charge in [-0.15, -0.1) is 11.6 Å². The van der Waals surface area contributed by atoms with Crippen molar-refractivity contribution < 1.29 is 14.6 Å². The Kier molecular flexibility index (Phi) is 5.27. The number of halogens is 1. The normalized spacial score (nSPS) is 11.9. The van der Waals surface area contributed by atoms with E-state index in [0.717, 1.165) is 11.5 Å². The fourth-order valence-electron chi connectivity index (χ4n) is 1.58. The lowest BCUT2D eigenvalue weighted by molar-refractivity contribution is 0.125. The fraction of sp³-hybridized carbons (Fsp3) is 0.250. The molecule has 3 nitrogen and oxygen atoms in total. The van der Waals surface area contributed by atoms with Crippen molar-refractivity contribution in [1.29, 1.82) is 0 Å². The van der Waals surface area contributed by atoms with E-state index in [1.165, 1.54) is 5.56 Å². The highest BCUT2D eigenvalue weighted by Crippen LogP contribution is 2.24. The van der Waals surface area contributed by atoms with Gasteiger partial charge in [0.05, 0.1) is 5.88 Å². The molecule has 0 fully saturated rings. The summed E-state index contributed by atoms with van der Waals surface area (Å²) in [4.78, 5) is 0. The van der Waals surface area contributed by atoms with Crippen LogP contribution in [-0.4, -0.2) is 23.7 Å². The molecule has 0 amide bonds. The Bertz CT molecular complexity index is 522. The molecule has 1 unspecified atom stereocenters. The monoisotopic (exact) mass is 292 g/mol. The summed E-state index contributed by atoms with van der Waals surface area (Å²) in [5.41, 5.74) is 1.19. The fourth-order valence-corrected chi connectivity index (χ4v) is 1.67. The summed E-state index contributed by atoms with van der Waals surface area (Å²) in [6, 6.07) is 15.1. The first-order valence-electron chi connectivity index (χ1n) is 6.39. The highest BCUT2D eigenvalue weighted by atomic mass is 35.5. The summed E-state index contributed by atoms with van der Waals surface area (Å²) in [7, 11) is 0. The zero-order chi connectivity index (χ0) is 14.4. The Morgan fingerprint density at radius 2 is 1.45 bits per heavy atom. The molecule has 2 aromatic carbocycles. The minimum atomic E-state index is -0.653. The van der Waals surface area contributed by atoms with Crippen LogP contribution in [0.25, 0.3) is 0 Å². The third kappa shape index (κ3) is 4.44. The molecule has 0 aliphatic rings. The summed E-state index contributed by atoms with van der Waals surface area (Å²) in [5, 5.41) is 9.31. The van der Waals surface area contributed by atoms with Crippen LogP contribution in [-0.2, 0) is 0 Å². The lowest BCUT2D eigenvalue weighted by Gasteiger charge is -2.10. The second kappa shape index (κ2) is 7.17. The maximum Gasteiger partial charge on any atom is 0.127 e. The number of aliphatic hydroxyl groups is 1. The van der Waals surface area contributed by atoms with Crippen molar-refractivity contribution in [1.82, 2.24) is 0 Å². The minimum absolute atomic E-state index is 0.161. The molecule has 2 rings (SSSR count). The number of rotatable bonds is 6. The predicted octanol–water partition coefficient (Wildman–Crippen LogP) is 3.77. The van der Waals surface area contributed by atoms with Gasteiger partial charge in [0.2, 0.25) is 0 Å². The van der Waals surface area contributed by atoms with Gasteiger partial charge in [-0.2, -0.15) is 0 Å². The number of benzene rings is 2. The Hall–Kier alpha value is -1.71. The second-order valence-electron chi connectivity index (χ2n) is 4.51. The lowest BCUT2D eigenvalue weighted by Crippen LogP contribution is -2.18. The summed E-state index contributed by atoms with van der Waals surface area (Å²) < 4.78 is 11.1. The molecule has 0 aliphatic carbocycles. The zero-order valence-electron chi connectivity index (χ0n) is 11.3.